The smallest absolute Gasteiger partial charge is 0.264 e. The van der Waals surface area contributed by atoms with Crippen molar-refractivity contribution in [3.8, 4) is 0 Å². The summed E-state index contributed by atoms with van der Waals surface area (Å²) in [7, 11) is 0. The van der Waals surface area contributed by atoms with E-state index in [1.165, 1.54) is 0 Å². The van der Waals surface area contributed by atoms with Crippen molar-refractivity contribution in [2.45, 2.75) is 19.4 Å². The number of H-pyrrole nitrogens is 1. The molecule has 7 nitrogen and oxygen atoms in total. The van der Waals surface area contributed by atoms with Gasteiger partial charge in [-0.15, -0.1) is 5.10 Å². The lowest BCUT2D eigenvalue weighted by molar-refractivity contribution is -0.121. The van der Waals surface area contributed by atoms with Gasteiger partial charge in [0.05, 0.1) is 0 Å². The number of tetrazole rings is 1. The second kappa shape index (κ2) is 2.76. The first-order valence-corrected chi connectivity index (χ1v) is 3.34. The zero-order valence-corrected chi connectivity index (χ0v) is 6.83. The van der Waals surface area contributed by atoms with Crippen LogP contribution >= 0.6 is 0 Å². The molecule has 0 aliphatic rings. The molecule has 0 aliphatic heterocycles. The molecule has 1 rings (SSSR count). The first-order chi connectivity index (χ1) is 5.52. The van der Waals surface area contributed by atoms with Gasteiger partial charge < -0.3 is 11.1 Å². The van der Waals surface area contributed by atoms with E-state index in [1.807, 2.05) is 0 Å². The number of aromatic amines is 1. The molecule has 0 atom stereocenters. The summed E-state index contributed by atoms with van der Waals surface area (Å²) < 4.78 is 0. The molecule has 0 aromatic carbocycles. The molecule has 0 spiro atoms. The average Bonchev–Trinajstić information content (AvgIpc) is 2.38. The fourth-order valence-electron chi connectivity index (χ4n) is 0.556. The van der Waals surface area contributed by atoms with Gasteiger partial charge in [0.1, 0.15) is 5.54 Å². The summed E-state index contributed by atoms with van der Waals surface area (Å²) in [6.45, 7) is 3.26. The van der Waals surface area contributed by atoms with Crippen LogP contribution in [-0.2, 0) is 4.79 Å². The van der Waals surface area contributed by atoms with Gasteiger partial charge >= 0.3 is 0 Å². The van der Waals surface area contributed by atoms with Crippen LogP contribution in [0.1, 0.15) is 13.8 Å². The van der Waals surface area contributed by atoms with E-state index in [0.717, 1.165) is 0 Å². The third-order valence-corrected chi connectivity index (χ3v) is 1.39. The molecular formula is C5H10N6O. The van der Waals surface area contributed by atoms with Gasteiger partial charge in [-0.1, -0.05) is 5.10 Å². The lowest BCUT2D eigenvalue weighted by Gasteiger charge is -2.20. The number of rotatable bonds is 3. The fraction of sp³-hybridized carbons (Fsp3) is 0.600. The van der Waals surface area contributed by atoms with Gasteiger partial charge in [0.25, 0.3) is 5.95 Å². The molecule has 1 aromatic rings. The molecule has 66 valence electrons. The minimum absolute atomic E-state index is 0.249. The molecule has 12 heavy (non-hydrogen) atoms. The van der Waals surface area contributed by atoms with Gasteiger partial charge in [-0.2, -0.15) is 5.21 Å². The minimum atomic E-state index is -0.871. The number of hydrogen-bond donors (Lipinski definition) is 3. The number of aromatic nitrogens is 4. The van der Waals surface area contributed by atoms with Crippen molar-refractivity contribution in [1.82, 2.24) is 20.6 Å². The minimum Gasteiger partial charge on any atom is -0.368 e. The molecule has 7 heteroatoms. The number of nitrogens with one attached hydrogen (secondary N) is 2. The van der Waals surface area contributed by atoms with E-state index in [2.05, 4.69) is 25.9 Å². The largest absolute Gasteiger partial charge is 0.368 e. The molecule has 4 N–H and O–H groups in total. The monoisotopic (exact) mass is 170 g/mol. The van der Waals surface area contributed by atoms with Gasteiger partial charge in [-0.05, 0) is 19.1 Å². The number of primary amides is 1. The van der Waals surface area contributed by atoms with E-state index in [9.17, 15) is 4.79 Å². The van der Waals surface area contributed by atoms with Crippen molar-refractivity contribution in [2.24, 2.45) is 5.73 Å². The molecule has 0 fully saturated rings. The second-order valence-electron chi connectivity index (χ2n) is 2.85. The molecule has 1 aromatic heterocycles. The molecule has 0 unspecified atom stereocenters. The Bertz CT molecular complexity index is 265. The summed E-state index contributed by atoms with van der Waals surface area (Å²) in [6.07, 6.45) is 0. The topological polar surface area (TPSA) is 110 Å². The van der Waals surface area contributed by atoms with Crippen LogP contribution in [-0.4, -0.2) is 32.1 Å². The zero-order valence-electron chi connectivity index (χ0n) is 6.83. The zero-order chi connectivity index (χ0) is 9.19. The van der Waals surface area contributed by atoms with Gasteiger partial charge in [-0.3, -0.25) is 4.79 Å². The first-order valence-electron chi connectivity index (χ1n) is 3.34. The summed E-state index contributed by atoms with van der Waals surface area (Å²) in [4.78, 5) is 10.8. The van der Waals surface area contributed by atoms with E-state index in [-0.39, 0.29) is 5.95 Å². The van der Waals surface area contributed by atoms with E-state index >= 15 is 0 Å². The second-order valence-corrected chi connectivity index (χ2v) is 2.85. The third kappa shape index (κ3) is 1.68. The van der Waals surface area contributed by atoms with Gasteiger partial charge in [0, 0.05) is 0 Å². The lowest BCUT2D eigenvalue weighted by Crippen LogP contribution is -2.45. The Hall–Kier alpha value is -1.66. The number of amides is 1. The maximum absolute atomic E-state index is 10.8. The summed E-state index contributed by atoms with van der Waals surface area (Å²) in [5.74, 6) is -0.230. The van der Waals surface area contributed by atoms with E-state index in [0.29, 0.717) is 0 Å². The summed E-state index contributed by atoms with van der Waals surface area (Å²) in [5, 5.41) is 15.5. The fourth-order valence-corrected chi connectivity index (χ4v) is 0.556. The predicted molar refractivity (Wildman–Crippen MR) is 41.1 cm³/mol. The Labute approximate surface area is 68.7 Å². The van der Waals surface area contributed by atoms with Crippen molar-refractivity contribution >= 4 is 11.9 Å². The summed E-state index contributed by atoms with van der Waals surface area (Å²) >= 11 is 0. The van der Waals surface area contributed by atoms with Crippen molar-refractivity contribution in [3.63, 3.8) is 0 Å². The molecule has 1 heterocycles. The molecule has 0 saturated carbocycles. The van der Waals surface area contributed by atoms with Crippen LogP contribution in [0.15, 0.2) is 0 Å². The van der Waals surface area contributed by atoms with Crippen molar-refractivity contribution in [3.05, 3.63) is 0 Å². The molecular weight excluding hydrogens is 160 g/mol. The number of carbonyl (C=O) groups is 1. The predicted octanol–water partition coefficient (Wildman–Crippen LogP) is -1.12. The Kier molecular flexibility index (Phi) is 1.94. The number of hydrogen-bond acceptors (Lipinski definition) is 5. The highest BCUT2D eigenvalue weighted by Crippen LogP contribution is 2.07. The van der Waals surface area contributed by atoms with Crippen LogP contribution in [0.3, 0.4) is 0 Å². The quantitative estimate of drug-likeness (QED) is 0.532. The molecule has 0 bridgehead atoms. The highest BCUT2D eigenvalue weighted by Gasteiger charge is 2.25. The Morgan fingerprint density at radius 3 is 2.75 bits per heavy atom. The normalized spacial score (nSPS) is 11.2. The van der Waals surface area contributed by atoms with Gasteiger partial charge in [0.2, 0.25) is 5.91 Å². The van der Waals surface area contributed by atoms with Crippen LogP contribution in [0.4, 0.5) is 5.95 Å². The molecule has 0 aliphatic carbocycles. The number of nitrogens with two attached hydrogens (primary N) is 1. The van der Waals surface area contributed by atoms with Crippen molar-refractivity contribution in [2.75, 3.05) is 5.32 Å². The number of nitrogens with zero attached hydrogens (tertiary/aromatic N) is 3. The van der Waals surface area contributed by atoms with Crippen molar-refractivity contribution in [1.29, 1.82) is 0 Å². The molecule has 0 saturated heterocycles. The standard InChI is InChI=1S/C5H10N6O/c1-5(2,3(6)12)7-4-8-10-11-9-4/h1-2H3,(H2,6,12)(H2,7,8,9,10,11). The van der Waals surface area contributed by atoms with Crippen LogP contribution in [0.2, 0.25) is 0 Å². The van der Waals surface area contributed by atoms with Crippen LogP contribution in [0, 0.1) is 0 Å². The van der Waals surface area contributed by atoms with Crippen LogP contribution in [0.5, 0.6) is 0 Å². The van der Waals surface area contributed by atoms with Gasteiger partial charge in [0.15, 0.2) is 0 Å². The summed E-state index contributed by atoms with van der Waals surface area (Å²) in [6, 6.07) is 0. The van der Waals surface area contributed by atoms with Gasteiger partial charge in [-0.25, -0.2) is 0 Å². The number of carbonyl (C=O) groups excluding carboxylic acids is 1. The van der Waals surface area contributed by atoms with Crippen LogP contribution in [0.25, 0.3) is 0 Å². The first kappa shape index (κ1) is 8.44. The van der Waals surface area contributed by atoms with E-state index < -0.39 is 11.4 Å². The highest BCUT2D eigenvalue weighted by molar-refractivity contribution is 5.86. The van der Waals surface area contributed by atoms with E-state index in [4.69, 9.17) is 5.73 Å². The third-order valence-electron chi connectivity index (χ3n) is 1.39. The van der Waals surface area contributed by atoms with Crippen molar-refractivity contribution < 1.29 is 4.79 Å². The highest BCUT2D eigenvalue weighted by atomic mass is 16.1. The molecule has 0 radical (unpaired) electrons. The maximum Gasteiger partial charge on any atom is 0.264 e. The Balaban J connectivity index is 2.69. The SMILES string of the molecule is CC(C)(Nc1nn[nH]n1)C(N)=O. The van der Waals surface area contributed by atoms with E-state index in [1.54, 1.807) is 13.8 Å². The lowest BCUT2D eigenvalue weighted by atomic mass is 10.1. The Morgan fingerprint density at radius 1 is 1.67 bits per heavy atom. The molecule has 1 amide bonds. The van der Waals surface area contributed by atoms with Crippen LogP contribution < -0.4 is 11.1 Å². The summed E-state index contributed by atoms with van der Waals surface area (Å²) in [5.41, 5.74) is 4.23. The maximum atomic E-state index is 10.8. The number of anilines is 1. The average molecular weight is 170 g/mol. The Morgan fingerprint density at radius 2 is 2.33 bits per heavy atom.